The Morgan fingerprint density at radius 1 is 1.24 bits per heavy atom. The summed E-state index contributed by atoms with van der Waals surface area (Å²) in [6.07, 6.45) is 3.98. The van der Waals surface area contributed by atoms with Crippen molar-refractivity contribution in [1.82, 2.24) is 5.32 Å². The number of carbonyl (C=O) groups excluding carboxylic acids is 1. The van der Waals surface area contributed by atoms with E-state index in [4.69, 9.17) is 5.11 Å². The molecule has 4 nitrogen and oxygen atoms in total. The fraction of sp³-hybridized carbons (Fsp3) is 0.333. The number of hydrogen-bond acceptors (Lipinski definition) is 2. The molecule has 2 atom stereocenters. The van der Waals surface area contributed by atoms with Crippen LogP contribution >= 0.6 is 0 Å². The number of amides is 1. The van der Waals surface area contributed by atoms with Gasteiger partial charge < -0.3 is 10.4 Å². The van der Waals surface area contributed by atoms with Crippen molar-refractivity contribution < 1.29 is 23.5 Å². The van der Waals surface area contributed by atoms with Crippen LogP contribution in [0.1, 0.15) is 18.4 Å². The number of aliphatic carboxylic acids is 1. The summed E-state index contributed by atoms with van der Waals surface area (Å²) in [5.74, 6) is -3.58. The van der Waals surface area contributed by atoms with Crippen molar-refractivity contribution in [2.45, 2.75) is 25.3 Å². The number of rotatable bonds is 5. The van der Waals surface area contributed by atoms with Gasteiger partial charge in [-0.05, 0) is 30.5 Å². The molecule has 2 rings (SSSR count). The first-order chi connectivity index (χ1) is 9.95. The fourth-order valence-corrected chi connectivity index (χ4v) is 2.22. The summed E-state index contributed by atoms with van der Waals surface area (Å²) < 4.78 is 25.8. The smallest absolute Gasteiger partial charge is 0.310 e. The molecule has 0 aliphatic heterocycles. The Bertz CT molecular complexity index is 586. The number of halogens is 2. The first kappa shape index (κ1) is 15.2. The van der Waals surface area contributed by atoms with Gasteiger partial charge in [-0.15, -0.1) is 0 Å². The predicted molar refractivity (Wildman–Crippen MR) is 71.5 cm³/mol. The minimum Gasteiger partial charge on any atom is -0.481 e. The van der Waals surface area contributed by atoms with Crippen molar-refractivity contribution in [1.29, 1.82) is 0 Å². The number of aryl methyl sites for hydroxylation is 1. The maximum Gasteiger partial charge on any atom is 0.310 e. The summed E-state index contributed by atoms with van der Waals surface area (Å²) in [4.78, 5) is 22.5. The molecule has 1 aliphatic rings. The highest BCUT2D eigenvalue weighted by atomic mass is 19.2. The highest BCUT2D eigenvalue weighted by Gasteiger charge is 2.25. The largest absolute Gasteiger partial charge is 0.481 e. The molecule has 2 N–H and O–H groups in total. The zero-order valence-electron chi connectivity index (χ0n) is 11.2. The molecule has 0 heterocycles. The summed E-state index contributed by atoms with van der Waals surface area (Å²) in [6, 6.07) is 3.24. The van der Waals surface area contributed by atoms with E-state index < -0.39 is 23.5 Å². The lowest BCUT2D eigenvalue weighted by atomic mass is 10.1. The number of carboxylic acid groups (broad SMARTS) is 1. The van der Waals surface area contributed by atoms with Gasteiger partial charge in [-0.2, -0.15) is 0 Å². The molecule has 0 bridgehead atoms. The molecule has 0 spiro atoms. The third kappa shape index (κ3) is 4.11. The SMILES string of the molecule is O=C(CCc1ccc(F)c(F)c1)NC1C=CC(C(=O)O)C1. The standard InChI is InChI=1S/C15H15F2NO3/c16-12-5-1-9(7-13(12)17)2-6-14(19)18-11-4-3-10(8-11)15(20)21/h1,3-5,7,10-11H,2,6,8H2,(H,18,19)(H,20,21). The second kappa shape index (κ2) is 6.47. The van der Waals surface area contributed by atoms with E-state index >= 15 is 0 Å². The lowest BCUT2D eigenvalue weighted by Crippen LogP contribution is -2.33. The van der Waals surface area contributed by atoms with Crippen molar-refractivity contribution in [3.8, 4) is 0 Å². The molecule has 0 saturated carbocycles. The Morgan fingerprint density at radius 2 is 2.00 bits per heavy atom. The maximum atomic E-state index is 13.0. The molecule has 0 saturated heterocycles. The van der Waals surface area contributed by atoms with E-state index in [1.807, 2.05) is 0 Å². The van der Waals surface area contributed by atoms with Gasteiger partial charge in [-0.25, -0.2) is 8.78 Å². The first-order valence-electron chi connectivity index (χ1n) is 6.60. The Hall–Kier alpha value is -2.24. The normalized spacial score (nSPS) is 20.5. The van der Waals surface area contributed by atoms with Gasteiger partial charge in [-0.3, -0.25) is 9.59 Å². The number of nitrogens with one attached hydrogen (secondary N) is 1. The molecule has 0 aromatic heterocycles. The number of benzene rings is 1. The summed E-state index contributed by atoms with van der Waals surface area (Å²) in [6.45, 7) is 0. The zero-order valence-corrected chi connectivity index (χ0v) is 11.2. The van der Waals surface area contributed by atoms with E-state index in [2.05, 4.69) is 5.32 Å². The molecule has 1 aliphatic carbocycles. The Morgan fingerprint density at radius 3 is 2.62 bits per heavy atom. The lowest BCUT2D eigenvalue weighted by molar-refractivity contribution is -0.140. The number of carbonyl (C=O) groups is 2. The van der Waals surface area contributed by atoms with Crippen LogP contribution in [0, 0.1) is 17.6 Å². The van der Waals surface area contributed by atoms with Gasteiger partial charge in [-0.1, -0.05) is 18.2 Å². The van der Waals surface area contributed by atoms with Crippen molar-refractivity contribution in [2.24, 2.45) is 5.92 Å². The second-order valence-electron chi connectivity index (χ2n) is 4.99. The molecule has 6 heteroatoms. The summed E-state index contributed by atoms with van der Waals surface area (Å²) in [5, 5.41) is 11.5. The van der Waals surface area contributed by atoms with Gasteiger partial charge in [0.25, 0.3) is 0 Å². The van der Waals surface area contributed by atoms with E-state index in [0.717, 1.165) is 12.1 Å². The minimum absolute atomic E-state index is 0.132. The molecule has 0 radical (unpaired) electrons. The van der Waals surface area contributed by atoms with Gasteiger partial charge in [0.1, 0.15) is 0 Å². The van der Waals surface area contributed by atoms with Crippen LogP contribution in [0.4, 0.5) is 8.78 Å². The minimum atomic E-state index is -0.934. The van der Waals surface area contributed by atoms with Crippen LogP contribution in [0.3, 0.4) is 0 Å². The fourth-order valence-electron chi connectivity index (χ4n) is 2.22. The molecule has 112 valence electrons. The van der Waals surface area contributed by atoms with Crippen LogP contribution in [-0.4, -0.2) is 23.0 Å². The van der Waals surface area contributed by atoms with Gasteiger partial charge >= 0.3 is 5.97 Å². The third-order valence-corrected chi connectivity index (χ3v) is 3.37. The third-order valence-electron chi connectivity index (χ3n) is 3.37. The molecule has 1 amide bonds. The van der Waals surface area contributed by atoms with Crippen LogP contribution < -0.4 is 5.32 Å². The molecule has 0 fully saturated rings. The van der Waals surface area contributed by atoms with E-state index in [1.54, 1.807) is 12.2 Å². The summed E-state index contributed by atoms with van der Waals surface area (Å²) in [5.41, 5.74) is 0.537. The van der Waals surface area contributed by atoms with Crippen molar-refractivity contribution in [2.75, 3.05) is 0 Å². The topological polar surface area (TPSA) is 66.4 Å². The van der Waals surface area contributed by atoms with Crippen molar-refractivity contribution >= 4 is 11.9 Å². The van der Waals surface area contributed by atoms with E-state index in [9.17, 15) is 18.4 Å². The van der Waals surface area contributed by atoms with Gasteiger partial charge in [0.2, 0.25) is 5.91 Å². The van der Waals surface area contributed by atoms with Crippen LogP contribution in [-0.2, 0) is 16.0 Å². The number of carboxylic acids is 1. The highest BCUT2D eigenvalue weighted by molar-refractivity contribution is 5.78. The van der Waals surface area contributed by atoms with Crippen LogP contribution in [0.25, 0.3) is 0 Å². The van der Waals surface area contributed by atoms with Crippen LogP contribution in [0.15, 0.2) is 30.4 Å². The van der Waals surface area contributed by atoms with Crippen LogP contribution in [0.5, 0.6) is 0 Å². The number of hydrogen-bond donors (Lipinski definition) is 2. The quantitative estimate of drug-likeness (QED) is 0.817. The first-order valence-corrected chi connectivity index (χ1v) is 6.60. The van der Waals surface area contributed by atoms with Crippen molar-refractivity contribution in [3.05, 3.63) is 47.5 Å². The monoisotopic (exact) mass is 295 g/mol. The summed E-state index contributed by atoms with van der Waals surface area (Å²) >= 11 is 0. The summed E-state index contributed by atoms with van der Waals surface area (Å²) in [7, 11) is 0. The average molecular weight is 295 g/mol. The molecule has 21 heavy (non-hydrogen) atoms. The molecule has 1 aromatic rings. The second-order valence-corrected chi connectivity index (χ2v) is 4.99. The molecular weight excluding hydrogens is 280 g/mol. The average Bonchev–Trinajstić information content (AvgIpc) is 2.89. The van der Waals surface area contributed by atoms with Crippen LogP contribution in [0.2, 0.25) is 0 Å². The predicted octanol–water partition coefficient (Wildman–Crippen LogP) is 2.04. The van der Waals surface area contributed by atoms with Gasteiger partial charge in [0.15, 0.2) is 11.6 Å². The van der Waals surface area contributed by atoms with E-state index in [0.29, 0.717) is 18.4 Å². The zero-order chi connectivity index (χ0) is 15.4. The molecular formula is C15H15F2NO3. The van der Waals surface area contributed by atoms with Crippen molar-refractivity contribution in [3.63, 3.8) is 0 Å². The Balaban J connectivity index is 1.79. The van der Waals surface area contributed by atoms with Gasteiger partial charge in [0, 0.05) is 12.5 Å². The van der Waals surface area contributed by atoms with Gasteiger partial charge in [0.05, 0.1) is 5.92 Å². The maximum absolute atomic E-state index is 13.0. The Labute approximate surface area is 120 Å². The highest BCUT2D eigenvalue weighted by Crippen LogP contribution is 2.18. The molecule has 1 aromatic carbocycles. The van der Waals surface area contributed by atoms with E-state index in [1.165, 1.54) is 6.07 Å². The van der Waals surface area contributed by atoms with E-state index in [-0.39, 0.29) is 18.4 Å². The molecule has 2 unspecified atom stereocenters. The Kier molecular flexibility index (Phi) is 4.67. The lowest BCUT2D eigenvalue weighted by Gasteiger charge is -2.12.